The lowest BCUT2D eigenvalue weighted by atomic mass is 9.98. The van der Waals surface area contributed by atoms with Gasteiger partial charge in [0.1, 0.15) is 6.10 Å². The molecule has 0 bridgehead atoms. The van der Waals surface area contributed by atoms with Gasteiger partial charge in [0, 0.05) is 11.8 Å². The van der Waals surface area contributed by atoms with E-state index in [0.717, 1.165) is 25.7 Å². The number of aliphatic hydroxyl groups is 1. The maximum Gasteiger partial charge on any atom is 0.251 e. The van der Waals surface area contributed by atoms with Crippen molar-refractivity contribution in [2.75, 3.05) is 0 Å². The van der Waals surface area contributed by atoms with Crippen molar-refractivity contribution >= 4 is 0 Å². The van der Waals surface area contributed by atoms with Crippen LogP contribution in [0.4, 0.5) is 4.39 Å². The van der Waals surface area contributed by atoms with Crippen LogP contribution in [0.15, 0.2) is 12.3 Å². The summed E-state index contributed by atoms with van der Waals surface area (Å²) in [6.07, 6.45) is 6.95. The third kappa shape index (κ3) is 2.50. The highest BCUT2D eigenvalue weighted by molar-refractivity contribution is 5.23. The van der Waals surface area contributed by atoms with Gasteiger partial charge < -0.3 is 9.84 Å². The fourth-order valence-electron chi connectivity index (χ4n) is 2.01. The molecule has 0 aliphatic heterocycles. The lowest BCUT2D eigenvalue weighted by molar-refractivity contribution is 0.140. The highest BCUT2D eigenvalue weighted by atomic mass is 19.1. The summed E-state index contributed by atoms with van der Waals surface area (Å²) < 4.78 is 19.2. The molecular formula is C12H16FNO2. The van der Waals surface area contributed by atoms with Crippen LogP contribution in [0.5, 0.6) is 5.88 Å². The fraction of sp³-hybridized carbons (Fsp3) is 0.583. The van der Waals surface area contributed by atoms with Crippen LogP contribution < -0.4 is 4.74 Å². The molecule has 1 heterocycles. The van der Waals surface area contributed by atoms with E-state index in [1.165, 1.54) is 18.7 Å². The second kappa shape index (κ2) is 5.25. The van der Waals surface area contributed by atoms with Gasteiger partial charge in [-0.3, -0.25) is 0 Å². The first kappa shape index (κ1) is 11.3. The third-order valence-electron chi connectivity index (χ3n) is 2.94. The van der Waals surface area contributed by atoms with Gasteiger partial charge in [0.25, 0.3) is 5.88 Å². The van der Waals surface area contributed by atoms with Crippen LogP contribution in [-0.4, -0.2) is 16.2 Å². The van der Waals surface area contributed by atoms with Gasteiger partial charge >= 0.3 is 0 Å². The first-order valence-electron chi connectivity index (χ1n) is 5.72. The maximum atomic E-state index is 13.7. The Balaban J connectivity index is 2.08. The van der Waals surface area contributed by atoms with Gasteiger partial charge in [-0.2, -0.15) is 0 Å². The minimum Gasteiger partial charge on any atom is -0.472 e. The zero-order valence-corrected chi connectivity index (χ0v) is 9.16. The van der Waals surface area contributed by atoms with Gasteiger partial charge in [0.15, 0.2) is 5.82 Å². The van der Waals surface area contributed by atoms with E-state index in [4.69, 9.17) is 9.84 Å². The minimum atomic E-state index is -0.532. The van der Waals surface area contributed by atoms with E-state index in [1.54, 1.807) is 0 Å². The summed E-state index contributed by atoms with van der Waals surface area (Å²) in [5.41, 5.74) is 0.237. The molecule has 3 nitrogen and oxygen atoms in total. The normalized spacial score (nSPS) is 17.4. The van der Waals surface area contributed by atoms with E-state index in [-0.39, 0.29) is 24.2 Å². The first-order chi connectivity index (χ1) is 7.81. The predicted molar refractivity (Wildman–Crippen MR) is 57.6 cm³/mol. The quantitative estimate of drug-likeness (QED) is 0.859. The molecular weight excluding hydrogens is 209 g/mol. The lowest BCUT2D eigenvalue weighted by Crippen LogP contribution is -2.21. The Morgan fingerprint density at radius 3 is 2.81 bits per heavy atom. The van der Waals surface area contributed by atoms with Crippen LogP contribution in [0.25, 0.3) is 0 Å². The zero-order chi connectivity index (χ0) is 11.4. The first-order valence-corrected chi connectivity index (χ1v) is 5.72. The molecule has 0 aromatic carbocycles. The second-order valence-electron chi connectivity index (χ2n) is 4.13. The molecule has 0 spiro atoms. The highest BCUT2D eigenvalue weighted by Gasteiger charge is 2.18. The number of rotatable bonds is 3. The molecule has 0 unspecified atom stereocenters. The Bertz CT molecular complexity index is 351. The number of aliphatic hydroxyl groups excluding tert-OH is 1. The Kier molecular flexibility index (Phi) is 3.72. The van der Waals surface area contributed by atoms with Gasteiger partial charge in [-0.1, -0.05) is 6.42 Å². The van der Waals surface area contributed by atoms with E-state index in [9.17, 15) is 4.39 Å². The van der Waals surface area contributed by atoms with Crippen molar-refractivity contribution in [1.29, 1.82) is 0 Å². The van der Waals surface area contributed by atoms with Gasteiger partial charge in [0.05, 0.1) is 6.61 Å². The van der Waals surface area contributed by atoms with E-state index in [1.807, 2.05) is 0 Å². The van der Waals surface area contributed by atoms with Crippen molar-refractivity contribution < 1.29 is 14.2 Å². The molecule has 1 saturated carbocycles. The summed E-state index contributed by atoms with van der Waals surface area (Å²) in [5, 5.41) is 8.93. The van der Waals surface area contributed by atoms with Crippen molar-refractivity contribution in [2.45, 2.75) is 44.8 Å². The summed E-state index contributed by atoms with van der Waals surface area (Å²) in [4.78, 5) is 3.87. The molecule has 0 saturated heterocycles. The summed E-state index contributed by atoms with van der Waals surface area (Å²) >= 11 is 0. The molecule has 0 atom stereocenters. The molecule has 2 rings (SSSR count). The molecule has 1 N–H and O–H groups in total. The standard InChI is InChI=1S/C12H16FNO2/c13-11-9(8-15)6-7-14-12(11)16-10-4-2-1-3-5-10/h6-7,10,15H,1-5,8H2. The van der Waals surface area contributed by atoms with Gasteiger partial charge in [0.2, 0.25) is 0 Å². The van der Waals surface area contributed by atoms with E-state index < -0.39 is 5.82 Å². The maximum absolute atomic E-state index is 13.7. The Morgan fingerprint density at radius 1 is 1.38 bits per heavy atom. The Labute approximate surface area is 94.3 Å². The molecule has 1 fully saturated rings. The number of hydrogen-bond acceptors (Lipinski definition) is 3. The number of halogens is 1. The van der Waals surface area contributed by atoms with Crippen LogP contribution in [-0.2, 0) is 6.61 Å². The van der Waals surface area contributed by atoms with Gasteiger partial charge in [-0.05, 0) is 31.7 Å². The smallest absolute Gasteiger partial charge is 0.251 e. The molecule has 16 heavy (non-hydrogen) atoms. The molecule has 0 amide bonds. The number of nitrogens with zero attached hydrogens (tertiary/aromatic N) is 1. The van der Waals surface area contributed by atoms with Gasteiger partial charge in [-0.25, -0.2) is 9.37 Å². The van der Waals surface area contributed by atoms with Crippen molar-refractivity contribution in [3.05, 3.63) is 23.6 Å². The van der Waals surface area contributed by atoms with Crippen molar-refractivity contribution in [3.63, 3.8) is 0 Å². The van der Waals surface area contributed by atoms with Crippen molar-refractivity contribution in [1.82, 2.24) is 4.98 Å². The molecule has 1 aromatic rings. The molecule has 1 aliphatic carbocycles. The molecule has 88 valence electrons. The van der Waals surface area contributed by atoms with E-state index in [0.29, 0.717) is 0 Å². The zero-order valence-electron chi connectivity index (χ0n) is 9.16. The van der Waals surface area contributed by atoms with E-state index >= 15 is 0 Å². The third-order valence-corrected chi connectivity index (χ3v) is 2.94. The van der Waals surface area contributed by atoms with Crippen LogP contribution in [0.1, 0.15) is 37.7 Å². The Morgan fingerprint density at radius 2 is 2.12 bits per heavy atom. The highest BCUT2D eigenvalue weighted by Crippen LogP contribution is 2.24. The summed E-state index contributed by atoms with van der Waals surface area (Å²) in [5.74, 6) is -0.506. The summed E-state index contributed by atoms with van der Waals surface area (Å²) in [6, 6.07) is 1.46. The second-order valence-corrected chi connectivity index (χ2v) is 4.13. The fourth-order valence-corrected chi connectivity index (χ4v) is 2.01. The van der Waals surface area contributed by atoms with Crippen LogP contribution in [0.3, 0.4) is 0 Å². The monoisotopic (exact) mass is 225 g/mol. The van der Waals surface area contributed by atoms with Crippen LogP contribution >= 0.6 is 0 Å². The average molecular weight is 225 g/mol. The molecule has 4 heteroatoms. The van der Waals surface area contributed by atoms with Crippen molar-refractivity contribution in [2.24, 2.45) is 0 Å². The molecule has 1 aliphatic rings. The van der Waals surface area contributed by atoms with Crippen LogP contribution in [0.2, 0.25) is 0 Å². The topological polar surface area (TPSA) is 42.4 Å². The summed E-state index contributed by atoms with van der Waals surface area (Å²) in [6.45, 7) is -0.324. The van der Waals surface area contributed by atoms with Gasteiger partial charge in [-0.15, -0.1) is 0 Å². The van der Waals surface area contributed by atoms with E-state index in [2.05, 4.69) is 4.98 Å². The Hall–Kier alpha value is -1.16. The predicted octanol–water partition coefficient (Wildman–Crippen LogP) is 2.42. The SMILES string of the molecule is OCc1ccnc(OC2CCCCC2)c1F. The number of ether oxygens (including phenoxy) is 1. The largest absolute Gasteiger partial charge is 0.472 e. The number of aromatic nitrogens is 1. The minimum absolute atomic E-state index is 0.0263. The van der Waals surface area contributed by atoms with Crippen LogP contribution in [0, 0.1) is 5.82 Å². The lowest BCUT2D eigenvalue weighted by Gasteiger charge is -2.22. The molecule has 1 aromatic heterocycles. The summed E-state index contributed by atoms with van der Waals surface area (Å²) in [7, 11) is 0. The average Bonchev–Trinajstić information content (AvgIpc) is 2.33. The molecule has 0 radical (unpaired) electrons. The number of pyridine rings is 1. The number of hydrogen-bond donors (Lipinski definition) is 1. The van der Waals surface area contributed by atoms with Crippen molar-refractivity contribution in [3.8, 4) is 5.88 Å².